The summed E-state index contributed by atoms with van der Waals surface area (Å²) in [6, 6.07) is 9.61. The van der Waals surface area contributed by atoms with E-state index in [9.17, 15) is 9.59 Å². The van der Waals surface area contributed by atoms with Crippen LogP contribution in [-0.2, 0) is 4.79 Å². The third-order valence-electron chi connectivity index (χ3n) is 4.36. The van der Waals surface area contributed by atoms with Crippen molar-refractivity contribution in [2.24, 2.45) is 5.73 Å². The standard InChI is InChI=1S/C18H27N3O2/c1-2-12-21(17(22)8-11-19)16-9-13-20(14-10-16)18(23)15-6-4-3-5-7-15/h3-7,16H,2,8-14,19H2,1H3. The highest BCUT2D eigenvalue weighted by atomic mass is 16.2. The van der Waals surface area contributed by atoms with Gasteiger partial charge in [0.1, 0.15) is 0 Å². The van der Waals surface area contributed by atoms with E-state index < -0.39 is 0 Å². The highest BCUT2D eigenvalue weighted by molar-refractivity contribution is 5.94. The molecule has 1 heterocycles. The maximum absolute atomic E-state index is 12.5. The van der Waals surface area contributed by atoms with Crippen LogP contribution >= 0.6 is 0 Å². The minimum Gasteiger partial charge on any atom is -0.340 e. The number of hydrogen-bond acceptors (Lipinski definition) is 3. The molecule has 5 nitrogen and oxygen atoms in total. The molecule has 1 fully saturated rings. The van der Waals surface area contributed by atoms with E-state index in [1.165, 1.54) is 0 Å². The molecule has 0 saturated carbocycles. The van der Waals surface area contributed by atoms with Crippen LogP contribution in [0.25, 0.3) is 0 Å². The molecule has 1 aliphatic heterocycles. The summed E-state index contributed by atoms with van der Waals surface area (Å²) in [6.07, 6.45) is 3.03. The van der Waals surface area contributed by atoms with Gasteiger partial charge >= 0.3 is 0 Å². The van der Waals surface area contributed by atoms with Gasteiger partial charge in [0, 0.05) is 44.2 Å². The van der Waals surface area contributed by atoms with Gasteiger partial charge in [-0.15, -0.1) is 0 Å². The molecule has 0 radical (unpaired) electrons. The lowest BCUT2D eigenvalue weighted by Gasteiger charge is -2.38. The van der Waals surface area contributed by atoms with Crippen LogP contribution in [0.15, 0.2) is 30.3 Å². The number of carbonyl (C=O) groups is 2. The van der Waals surface area contributed by atoms with Gasteiger partial charge in [-0.2, -0.15) is 0 Å². The van der Waals surface area contributed by atoms with E-state index in [1.54, 1.807) is 0 Å². The predicted molar refractivity (Wildman–Crippen MR) is 91.0 cm³/mol. The molecule has 1 saturated heterocycles. The summed E-state index contributed by atoms with van der Waals surface area (Å²) in [4.78, 5) is 28.6. The van der Waals surface area contributed by atoms with Crippen molar-refractivity contribution in [3.8, 4) is 0 Å². The lowest BCUT2D eigenvalue weighted by molar-refractivity contribution is -0.134. The number of piperidine rings is 1. The van der Waals surface area contributed by atoms with E-state index in [4.69, 9.17) is 5.73 Å². The molecular formula is C18H27N3O2. The zero-order valence-electron chi connectivity index (χ0n) is 13.9. The molecule has 1 aromatic rings. The van der Waals surface area contributed by atoms with Crippen LogP contribution in [0.1, 0.15) is 43.0 Å². The van der Waals surface area contributed by atoms with Crippen LogP contribution in [0.4, 0.5) is 0 Å². The number of carbonyl (C=O) groups excluding carboxylic acids is 2. The molecular weight excluding hydrogens is 290 g/mol. The minimum atomic E-state index is 0.0828. The van der Waals surface area contributed by atoms with Gasteiger partial charge in [0.15, 0.2) is 0 Å². The summed E-state index contributed by atoms with van der Waals surface area (Å²) < 4.78 is 0. The Bertz CT molecular complexity index is 510. The Balaban J connectivity index is 1.94. The Kier molecular flexibility index (Phi) is 6.59. The van der Waals surface area contributed by atoms with Gasteiger partial charge in [0.2, 0.25) is 5.91 Å². The van der Waals surface area contributed by atoms with Gasteiger partial charge in [-0.25, -0.2) is 0 Å². The van der Waals surface area contributed by atoms with Gasteiger partial charge in [-0.05, 0) is 31.4 Å². The van der Waals surface area contributed by atoms with Crippen molar-refractivity contribution in [3.63, 3.8) is 0 Å². The second kappa shape index (κ2) is 8.67. The number of amides is 2. The summed E-state index contributed by atoms with van der Waals surface area (Å²) in [6.45, 7) is 4.65. The van der Waals surface area contributed by atoms with Crippen molar-refractivity contribution < 1.29 is 9.59 Å². The zero-order valence-corrected chi connectivity index (χ0v) is 13.9. The van der Waals surface area contributed by atoms with E-state index >= 15 is 0 Å². The number of rotatable bonds is 6. The Morgan fingerprint density at radius 2 is 1.87 bits per heavy atom. The zero-order chi connectivity index (χ0) is 16.7. The fraction of sp³-hybridized carbons (Fsp3) is 0.556. The molecule has 0 aliphatic carbocycles. The van der Waals surface area contributed by atoms with E-state index in [1.807, 2.05) is 40.1 Å². The van der Waals surface area contributed by atoms with Crippen LogP contribution < -0.4 is 5.73 Å². The molecule has 0 unspecified atom stereocenters. The average Bonchev–Trinajstić information content (AvgIpc) is 2.60. The monoisotopic (exact) mass is 317 g/mol. The second-order valence-electron chi connectivity index (χ2n) is 6.02. The van der Waals surface area contributed by atoms with E-state index in [2.05, 4.69) is 6.92 Å². The lowest BCUT2D eigenvalue weighted by Crippen LogP contribution is -2.49. The second-order valence-corrected chi connectivity index (χ2v) is 6.02. The third kappa shape index (κ3) is 4.55. The molecule has 2 amide bonds. The summed E-state index contributed by atoms with van der Waals surface area (Å²) in [5, 5.41) is 0. The van der Waals surface area contributed by atoms with Crippen molar-refractivity contribution in [2.75, 3.05) is 26.2 Å². The first-order valence-corrected chi connectivity index (χ1v) is 8.51. The van der Waals surface area contributed by atoms with Gasteiger partial charge in [-0.3, -0.25) is 9.59 Å². The maximum Gasteiger partial charge on any atom is 0.253 e. The van der Waals surface area contributed by atoms with E-state index in [0.717, 1.165) is 31.4 Å². The number of likely N-dealkylation sites (tertiary alicyclic amines) is 1. The first-order chi connectivity index (χ1) is 11.2. The molecule has 0 spiro atoms. The molecule has 0 atom stereocenters. The quantitative estimate of drug-likeness (QED) is 0.871. The molecule has 1 aromatic carbocycles. The Hall–Kier alpha value is -1.88. The largest absolute Gasteiger partial charge is 0.340 e. The highest BCUT2D eigenvalue weighted by Crippen LogP contribution is 2.19. The van der Waals surface area contributed by atoms with Crippen LogP contribution in [0, 0.1) is 0 Å². The van der Waals surface area contributed by atoms with Crippen LogP contribution in [0.2, 0.25) is 0 Å². The molecule has 2 rings (SSSR count). The highest BCUT2D eigenvalue weighted by Gasteiger charge is 2.29. The van der Waals surface area contributed by atoms with E-state index in [0.29, 0.717) is 26.1 Å². The number of nitrogens with zero attached hydrogens (tertiary/aromatic N) is 2. The molecule has 5 heteroatoms. The first-order valence-electron chi connectivity index (χ1n) is 8.51. The van der Waals surface area contributed by atoms with Gasteiger partial charge in [-0.1, -0.05) is 25.1 Å². The molecule has 0 aromatic heterocycles. The Morgan fingerprint density at radius 1 is 1.22 bits per heavy atom. The van der Waals surface area contributed by atoms with Crippen molar-refractivity contribution in [2.45, 2.75) is 38.6 Å². The topological polar surface area (TPSA) is 66.6 Å². The summed E-state index contributed by atoms with van der Waals surface area (Å²) in [5.41, 5.74) is 6.25. The molecule has 2 N–H and O–H groups in total. The predicted octanol–water partition coefficient (Wildman–Crippen LogP) is 1.88. The smallest absolute Gasteiger partial charge is 0.253 e. The van der Waals surface area contributed by atoms with Crippen LogP contribution in [-0.4, -0.2) is 53.8 Å². The average molecular weight is 317 g/mol. The summed E-state index contributed by atoms with van der Waals surface area (Å²) in [7, 11) is 0. The van der Waals surface area contributed by atoms with Crippen molar-refractivity contribution in [1.82, 2.24) is 9.80 Å². The lowest BCUT2D eigenvalue weighted by atomic mass is 10.0. The molecule has 1 aliphatic rings. The molecule has 23 heavy (non-hydrogen) atoms. The minimum absolute atomic E-state index is 0.0828. The summed E-state index contributed by atoms with van der Waals surface area (Å²) in [5.74, 6) is 0.224. The normalized spacial score (nSPS) is 15.5. The number of benzene rings is 1. The van der Waals surface area contributed by atoms with Crippen molar-refractivity contribution in [3.05, 3.63) is 35.9 Å². The van der Waals surface area contributed by atoms with Gasteiger partial charge in [0.25, 0.3) is 5.91 Å². The number of nitrogens with two attached hydrogens (primary N) is 1. The SMILES string of the molecule is CCCN(C(=O)CCN)C1CCN(C(=O)c2ccccc2)CC1. The Labute approximate surface area is 138 Å². The molecule has 126 valence electrons. The van der Waals surface area contributed by atoms with Gasteiger partial charge in [0.05, 0.1) is 0 Å². The Morgan fingerprint density at radius 3 is 2.43 bits per heavy atom. The van der Waals surface area contributed by atoms with Gasteiger partial charge < -0.3 is 15.5 Å². The fourth-order valence-corrected chi connectivity index (χ4v) is 3.16. The maximum atomic E-state index is 12.5. The van der Waals surface area contributed by atoms with Crippen LogP contribution in [0.5, 0.6) is 0 Å². The van der Waals surface area contributed by atoms with Crippen molar-refractivity contribution in [1.29, 1.82) is 0 Å². The first kappa shape index (κ1) is 17.5. The fourth-order valence-electron chi connectivity index (χ4n) is 3.16. The van der Waals surface area contributed by atoms with Crippen LogP contribution in [0.3, 0.4) is 0 Å². The molecule has 0 bridgehead atoms. The third-order valence-corrected chi connectivity index (χ3v) is 4.36. The van der Waals surface area contributed by atoms with E-state index in [-0.39, 0.29) is 17.9 Å². The summed E-state index contributed by atoms with van der Waals surface area (Å²) >= 11 is 0. The number of hydrogen-bond donors (Lipinski definition) is 1. The van der Waals surface area contributed by atoms with Crippen molar-refractivity contribution >= 4 is 11.8 Å².